The Kier molecular flexibility index (Phi) is 4.58. The van der Waals surface area contributed by atoms with E-state index in [1.807, 2.05) is 28.2 Å². The third-order valence-electron chi connectivity index (χ3n) is 3.43. The summed E-state index contributed by atoms with van der Waals surface area (Å²) in [7, 11) is 0. The summed E-state index contributed by atoms with van der Waals surface area (Å²) in [6.45, 7) is 6.64. The number of hydrogen-bond acceptors (Lipinski definition) is 3. The molecular weight excluding hydrogens is 260 g/mol. The van der Waals surface area contributed by atoms with Crippen molar-refractivity contribution in [1.82, 2.24) is 9.80 Å². The molecule has 1 aliphatic heterocycles. The van der Waals surface area contributed by atoms with E-state index < -0.39 is 0 Å². The van der Waals surface area contributed by atoms with Crippen LogP contribution in [0.5, 0.6) is 0 Å². The van der Waals surface area contributed by atoms with Crippen molar-refractivity contribution in [3.05, 3.63) is 21.9 Å². The van der Waals surface area contributed by atoms with E-state index in [2.05, 4.69) is 6.92 Å². The Morgan fingerprint density at radius 2 is 2.16 bits per heavy atom. The zero-order valence-electron chi connectivity index (χ0n) is 11.5. The molecule has 1 aromatic rings. The van der Waals surface area contributed by atoms with Crippen molar-refractivity contribution in [1.29, 1.82) is 0 Å². The van der Waals surface area contributed by atoms with E-state index in [1.54, 1.807) is 0 Å². The van der Waals surface area contributed by atoms with Gasteiger partial charge in [-0.15, -0.1) is 11.3 Å². The summed E-state index contributed by atoms with van der Waals surface area (Å²) in [5.74, 6) is 0.235. The van der Waals surface area contributed by atoms with Crippen LogP contribution in [-0.4, -0.2) is 47.8 Å². The fourth-order valence-corrected chi connectivity index (χ4v) is 3.20. The van der Waals surface area contributed by atoms with Gasteiger partial charge in [-0.05, 0) is 30.4 Å². The highest BCUT2D eigenvalue weighted by Crippen LogP contribution is 2.19. The number of aryl methyl sites for hydroxylation is 1. The molecule has 1 saturated heterocycles. The van der Waals surface area contributed by atoms with Crippen molar-refractivity contribution in [3.63, 3.8) is 0 Å². The van der Waals surface area contributed by atoms with Crippen molar-refractivity contribution >= 4 is 23.2 Å². The van der Waals surface area contributed by atoms with Gasteiger partial charge in [0, 0.05) is 32.6 Å². The minimum Gasteiger partial charge on any atom is -0.341 e. The van der Waals surface area contributed by atoms with E-state index in [9.17, 15) is 9.59 Å². The van der Waals surface area contributed by atoms with Crippen molar-refractivity contribution in [3.8, 4) is 0 Å². The second-order valence-electron chi connectivity index (χ2n) is 4.86. The molecular formula is C14H20N2O2S. The first kappa shape index (κ1) is 14.1. The summed E-state index contributed by atoms with van der Waals surface area (Å²) in [4.78, 5) is 28.8. The van der Waals surface area contributed by atoms with E-state index in [-0.39, 0.29) is 11.8 Å². The van der Waals surface area contributed by atoms with Gasteiger partial charge in [-0.25, -0.2) is 0 Å². The molecule has 1 fully saturated rings. The van der Waals surface area contributed by atoms with Crippen molar-refractivity contribution in [2.24, 2.45) is 0 Å². The summed E-state index contributed by atoms with van der Waals surface area (Å²) < 4.78 is 0. The summed E-state index contributed by atoms with van der Waals surface area (Å²) in [5, 5.41) is 1.94. The molecule has 0 aromatic carbocycles. The van der Waals surface area contributed by atoms with Gasteiger partial charge in [-0.3, -0.25) is 9.59 Å². The maximum atomic E-state index is 12.4. The molecule has 1 aromatic heterocycles. The number of hydrogen-bond donors (Lipinski definition) is 0. The zero-order chi connectivity index (χ0) is 13.8. The van der Waals surface area contributed by atoms with Crippen LogP contribution in [-0.2, 0) is 4.79 Å². The number of rotatable bonds is 3. The van der Waals surface area contributed by atoms with Gasteiger partial charge in [0.15, 0.2) is 0 Å². The molecule has 1 aliphatic rings. The Balaban J connectivity index is 2.05. The fraction of sp³-hybridized carbons (Fsp3) is 0.571. The van der Waals surface area contributed by atoms with Crippen molar-refractivity contribution < 1.29 is 9.59 Å². The Morgan fingerprint density at radius 1 is 1.37 bits per heavy atom. The molecule has 5 heteroatoms. The Morgan fingerprint density at radius 3 is 2.79 bits per heavy atom. The minimum atomic E-state index is 0.0682. The first-order chi connectivity index (χ1) is 9.13. The van der Waals surface area contributed by atoms with Crippen LogP contribution in [0.1, 0.15) is 35.0 Å². The molecule has 4 nitrogen and oxygen atoms in total. The standard InChI is InChI=1S/C14H20N2O2S/c1-3-6-15-8-9-16(7-4-12(15)17)14(18)13-11(2)5-10-19-13/h5,10H,3-4,6-9H2,1-2H3. The van der Waals surface area contributed by atoms with E-state index in [0.717, 1.165) is 23.4 Å². The van der Waals surface area contributed by atoms with E-state index in [4.69, 9.17) is 0 Å². The van der Waals surface area contributed by atoms with E-state index in [0.29, 0.717) is 26.1 Å². The van der Waals surface area contributed by atoms with Crippen LogP contribution in [0.3, 0.4) is 0 Å². The number of amides is 2. The zero-order valence-corrected chi connectivity index (χ0v) is 12.3. The van der Waals surface area contributed by atoms with Crippen LogP contribution in [0.4, 0.5) is 0 Å². The monoisotopic (exact) mass is 280 g/mol. The molecule has 2 rings (SSSR count). The molecule has 0 bridgehead atoms. The van der Waals surface area contributed by atoms with Crippen LogP contribution < -0.4 is 0 Å². The molecule has 0 atom stereocenters. The highest BCUT2D eigenvalue weighted by Gasteiger charge is 2.25. The van der Waals surface area contributed by atoms with Crippen LogP contribution >= 0.6 is 11.3 Å². The first-order valence-electron chi connectivity index (χ1n) is 6.74. The van der Waals surface area contributed by atoms with Crippen molar-refractivity contribution in [2.45, 2.75) is 26.7 Å². The topological polar surface area (TPSA) is 40.6 Å². The second-order valence-corrected chi connectivity index (χ2v) is 5.77. The molecule has 19 heavy (non-hydrogen) atoms. The summed E-state index contributed by atoms with van der Waals surface area (Å²) in [6, 6.07) is 1.96. The largest absolute Gasteiger partial charge is 0.341 e. The summed E-state index contributed by atoms with van der Waals surface area (Å²) in [5.41, 5.74) is 1.02. The first-order valence-corrected chi connectivity index (χ1v) is 7.62. The number of thiophene rings is 1. The minimum absolute atomic E-state index is 0.0682. The predicted molar refractivity (Wildman–Crippen MR) is 76.4 cm³/mol. The van der Waals surface area contributed by atoms with Gasteiger partial charge >= 0.3 is 0 Å². The molecule has 0 radical (unpaired) electrons. The number of carbonyl (C=O) groups is 2. The highest BCUT2D eigenvalue weighted by molar-refractivity contribution is 7.12. The maximum absolute atomic E-state index is 12.4. The summed E-state index contributed by atoms with van der Waals surface area (Å²) >= 11 is 1.48. The average Bonchev–Trinajstić information content (AvgIpc) is 2.73. The Hall–Kier alpha value is -1.36. The van der Waals surface area contributed by atoms with Gasteiger partial charge in [0.2, 0.25) is 5.91 Å². The lowest BCUT2D eigenvalue weighted by molar-refractivity contribution is -0.130. The fourth-order valence-electron chi connectivity index (χ4n) is 2.31. The SMILES string of the molecule is CCCN1CCN(C(=O)c2sccc2C)CCC1=O. The molecule has 0 aliphatic carbocycles. The van der Waals surface area contributed by atoms with Gasteiger partial charge in [0.05, 0.1) is 4.88 Å². The quantitative estimate of drug-likeness (QED) is 0.851. The molecule has 2 amide bonds. The van der Waals surface area contributed by atoms with E-state index >= 15 is 0 Å². The Bertz CT molecular complexity index is 470. The molecule has 0 spiro atoms. The van der Waals surface area contributed by atoms with Gasteiger partial charge in [0.1, 0.15) is 0 Å². The maximum Gasteiger partial charge on any atom is 0.264 e. The lowest BCUT2D eigenvalue weighted by Gasteiger charge is -2.21. The van der Waals surface area contributed by atoms with Crippen LogP contribution in [0, 0.1) is 6.92 Å². The molecule has 104 valence electrons. The number of nitrogens with zero attached hydrogens (tertiary/aromatic N) is 2. The van der Waals surface area contributed by atoms with Gasteiger partial charge in [-0.2, -0.15) is 0 Å². The smallest absolute Gasteiger partial charge is 0.264 e. The average molecular weight is 280 g/mol. The van der Waals surface area contributed by atoms with E-state index in [1.165, 1.54) is 11.3 Å². The third-order valence-corrected chi connectivity index (χ3v) is 4.43. The van der Waals surface area contributed by atoms with Gasteiger partial charge in [-0.1, -0.05) is 6.92 Å². The summed E-state index contributed by atoms with van der Waals surface area (Å²) in [6.07, 6.45) is 1.40. The van der Waals surface area contributed by atoms with Crippen LogP contribution in [0.25, 0.3) is 0 Å². The van der Waals surface area contributed by atoms with Crippen LogP contribution in [0.15, 0.2) is 11.4 Å². The van der Waals surface area contributed by atoms with Gasteiger partial charge < -0.3 is 9.80 Å². The highest BCUT2D eigenvalue weighted by atomic mass is 32.1. The molecule has 0 saturated carbocycles. The number of carbonyl (C=O) groups excluding carboxylic acids is 2. The molecule has 0 N–H and O–H groups in total. The predicted octanol–water partition coefficient (Wildman–Crippen LogP) is 2.14. The molecule has 0 unspecified atom stereocenters. The lowest BCUT2D eigenvalue weighted by Crippen LogP contribution is -2.36. The third kappa shape index (κ3) is 3.15. The second kappa shape index (κ2) is 6.19. The lowest BCUT2D eigenvalue weighted by atomic mass is 10.2. The Labute approximate surface area is 118 Å². The van der Waals surface area contributed by atoms with Gasteiger partial charge in [0.25, 0.3) is 5.91 Å². The normalized spacial score (nSPS) is 16.6. The molecule has 2 heterocycles. The van der Waals surface area contributed by atoms with Crippen molar-refractivity contribution in [2.75, 3.05) is 26.2 Å². The van der Waals surface area contributed by atoms with Crippen LogP contribution in [0.2, 0.25) is 0 Å².